The topological polar surface area (TPSA) is 110 Å². The number of nitrogens with one attached hydrogen (secondary N) is 1. The van der Waals surface area contributed by atoms with E-state index < -0.39 is 10.0 Å². The molecular weight excluding hydrogens is 466 g/mol. The van der Waals surface area contributed by atoms with Crippen LogP contribution in [0.2, 0.25) is 0 Å². The van der Waals surface area contributed by atoms with Gasteiger partial charge in [0.05, 0.1) is 15.9 Å². The molecule has 2 aromatic carbocycles. The Hall–Kier alpha value is -3.50. The molecule has 0 saturated heterocycles. The van der Waals surface area contributed by atoms with Crippen LogP contribution < -0.4 is 5.32 Å². The molecule has 0 unspecified atom stereocenters. The number of benzene rings is 2. The molecule has 1 N–H and O–H groups in total. The Morgan fingerprint density at radius 2 is 1.80 bits per heavy atom. The van der Waals surface area contributed by atoms with Crippen LogP contribution in [0.15, 0.2) is 58.0 Å². The zero-order chi connectivity index (χ0) is 25.2. The fourth-order valence-electron chi connectivity index (χ4n) is 4.00. The van der Waals surface area contributed by atoms with E-state index in [0.717, 1.165) is 16.8 Å². The van der Waals surface area contributed by atoms with Gasteiger partial charge in [-0.15, -0.1) is 0 Å². The molecule has 184 valence electrons. The summed E-state index contributed by atoms with van der Waals surface area (Å²) in [5.74, 6) is 1.18. The van der Waals surface area contributed by atoms with Crippen LogP contribution in [-0.2, 0) is 28.3 Å². The molecule has 35 heavy (non-hydrogen) atoms. The predicted octanol–water partition coefficient (Wildman–Crippen LogP) is 4.14. The Labute approximate surface area is 204 Å². The molecule has 4 rings (SSSR count). The molecule has 0 spiro atoms. The van der Waals surface area contributed by atoms with Crippen LogP contribution in [0.3, 0.4) is 0 Å². The number of hydrogen-bond acceptors (Lipinski definition) is 6. The number of rotatable bonds is 9. The zero-order valence-corrected chi connectivity index (χ0v) is 21.1. The van der Waals surface area contributed by atoms with Crippen LogP contribution in [0.1, 0.15) is 32.0 Å². The predicted molar refractivity (Wildman–Crippen MR) is 134 cm³/mol. The van der Waals surface area contributed by atoms with Gasteiger partial charge in [0.15, 0.2) is 5.89 Å². The highest BCUT2D eigenvalue weighted by molar-refractivity contribution is 7.89. The van der Waals surface area contributed by atoms with Crippen molar-refractivity contribution in [2.75, 3.05) is 18.4 Å². The molecule has 9 nitrogen and oxygen atoms in total. The minimum atomic E-state index is -3.57. The maximum Gasteiger partial charge on any atom is 0.243 e. The van der Waals surface area contributed by atoms with Crippen molar-refractivity contribution in [2.45, 2.75) is 38.5 Å². The van der Waals surface area contributed by atoms with E-state index in [9.17, 15) is 13.2 Å². The molecule has 2 aromatic heterocycles. The molecule has 0 bridgehead atoms. The summed E-state index contributed by atoms with van der Waals surface area (Å²) in [7, 11) is -1.70. The van der Waals surface area contributed by atoms with Gasteiger partial charge in [-0.05, 0) is 30.3 Å². The summed E-state index contributed by atoms with van der Waals surface area (Å²) in [6.07, 6.45) is 2.26. The van der Waals surface area contributed by atoms with E-state index in [4.69, 9.17) is 4.42 Å². The summed E-state index contributed by atoms with van der Waals surface area (Å²) in [6, 6.07) is 12.4. The third-order valence-electron chi connectivity index (χ3n) is 5.95. The molecule has 0 aliphatic heterocycles. The summed E-state index contributed by atoms with van der Waals surface area (Å²) in [4.78, 5) is 21.7. The number of fused-ring (bicyclic) bond motifs is 1. The van der Waals surface area contributed by atoms with E-state index in [1.807, 2.05) is 49.7 Å². The van der Waals surface area contributed by atoms with Crippen molar-refractivity contribution in [3.63, 3.8) is 0 Å². The first-order valence-electron chi connectivity index (χ1n) is 11.5. The number of amides is 1. The molecule has 4 aromatic rings. The normalized spacial score (nSPS) is 11.9. The summed E-state index contributed by atoms with van der Waals surface area (Å²) < 4.78 is 34.3. The third-order valence-corrected chi connectivity index (χ3v) is 7.99. The van der Waals surface area contributed by atoms with Crippen LogP contribution in [0.5, 0.6) is 0 Å². The molecule has 10 heteroatoms. The maximum absolute atomic E-state index is 12.9. The van der Waals surface area contributed by atoms with Gasteiger partial charge in [0.1, 0.15) is 17.8 Å². The SMILES string of the molecule is CCN(CC)S(=O)(=O)c1ccc2c(c1)nc(CCC(=O)Nc1ccc(-c3coc(C)n3)cc1)n2C. The Kier molecular flexibility index (Phi) is 7.04. The highest BCUT2D eigenvalue weighted by Gasteiger charge is 2.22. The third kappa shape index (κ3) is 5.13. The second kappa shape index (κ2) is 10.0. The lowest BCUT2D eigenvalue weighted by Crippen LogP contribution is -2.30. The molecular formula is C25H29N5O4S. The summed E-state index contributed by atoms with van der Waals surface area (Å²) in [5, 5.41) is 2.90. The Morgan fingerprint density at radius 3 is 2.43 bits per heavy atom. The van der Waals surface area contributed by atoms with E-state index in [2.05, 4.69) is 15.3 Å². The van der Waals surface area contributed by atoms with E-state index in [0.29, 0.717) is 42.4 Å². The number of aromatic nitrogens is 3. The van der Waals surface area contributed by atoms with Gasteiger partial charge in [-0.2, -0.15) is 4.31 Å². The molecule has 0 radical (unpaired) electrons. The van der Waals surface area contributed by atoms with Gasteiger partial charge in [-0.3, -0.25) is 4.79 Å². The van der Waals surface area contributed by atoms with E-state index in [1.165, 1.54) is 4.31 Å². The number of imidazole rings is 1. The molecule has 1 amide bonds. The maximum atomic E-state index is 12.9. The molecule has 0 fully saturated rings. The number of carbonyl (C=O) groups is 1. The van der Waals surface area contributed by atoms with E-state index in [-0.39, 0.29) is 17.2 Å². The number of anilines is 1. The standard InChI is InChI=1S/C25H29N5O4S/c1-5-30(6-2)35(32,33)20-11-12-23-21(15-20)28-24(29(23)4)13-14-25(31)27-19-9-7-18(8-10-19)22-16-34-17(3)26-22/h7-12,15-16H,5-6,13-14H2,1-4H3,(H,27,31). The summed E-state index contributed by atoms with van der Waals surface area (Å²) in [5.41, 5.74) is 3.75. The molecule has 0 aliphatic rings. The van der Waals surface area contributed by atoms with Crippen LogP contribution >= 0.6 is 0 Å². The molecule has 0 atom stereocenters. The second-order valence-electron chi connectivity index (χ2n) is 8.20. The molecule has 0 saturated carbocycles. The van der Waals surface area contributed by atoms with Crippen molar-refractivity contribution in [3.05, 3.63) is 60.4 Å². The molecule has 2 heterocycles. The average molecular weight is 496 g/mol. The first-order valence-corrected chi connectivity index (χ1v) is 12.9. The van der Waals surface area contributed by atoms with Crippen molar-refractivity contribution >= 4 is 32.7 Å². The highest BCUT2D eigenvalue weighted by Crippen LogP contribution is 2.23. The summed E-state index contributed by atoms with van der Waals surface area (Å²) in [6.45, 7) is 6.23. The van der Waals surface area contributed by atoms with Gasteiger partial charge < -0.3 is 14.3 Å². The number of sulfonamides is 1. The number of oxazole rings is 1. The van der Waals surface area contributed by atoms with Gasteiger partial charge in [-0.1, -0.05) is 26.0 Å². The quantitative estimate of drug-likeness (QED) is 0.374. The minimum absolute atomic E-state index is 0.133. The number of aryl methyl sites for hydroxylation is 3. The number of carbonyl (C=O) groups excluding carboxylic acids is 1. The van der Waals surface area contributed by atoms with Gasteiger partial charge in [0.2, 0.25) is 15.9 Å². The smallest absolute Gasteiger partial charge is 0.243 e. The van der Waals surface area contributed by atoms with E-state index >= 15 is 0 Å². The first kappa shape index (κ1) is 24.6. The van der Waals surface area contributed by atoms with Crippen molar-refractivity contribution in [1.82, 2.24) is 18.8 Å². The fourth-order valence-corrected chi connectivity index (χ4v) is 5.47. The highest BCUT2D eigenvalue weighted by atomic mass is 32.2. The largest absolute Gasteiger partial charge is 0.449 e. The van der Waals surface area contributed by atoms with Crippen molar-refractivity contribution in [1.29, 1.82) is 0 Å². The van der Waals surface area contributed by atoms with Crippen LogP contribution in [0, 0.1) is 6.92 Å². The van der Waals surface area contributed by atoms with Crippen molar-refractivity contribution < 1.29 is 17.6 Å². The first-order chi connectivity index (χ1) is 16.7. The minimum Gasteiger partial charge on any atom is -0.449 e. The lowest BCUT2D eigenvalue weighted by molar-refractivity contribution is -0.116. The van der Waals surface area contributed by atoms with E-state index in [1.54, 1.807) is 31.4 Å². The van der Waals surface area contributed by atoms with Gasteiger partial charge in [0.25, 0.3) is 0 Å². The van der Waals surface area contributed by atoms with Gasteiger partial charge >= 0.3 is 0 Å². The van der Waals surface area contributed by atoms with Gasteiger partial charge in [-0.25, -0.2) is 18.4 Å². The van der Waals surface area contributed by atoms with Crippen LogP contribution in [0.25, 0.3) is 22.3 Å². The average Bonchev–Trinajstić information content (AvgIpc) is 3.41. The number of hydrogen-bond donors (Lipinski definition) is 1. The van der Waals surface area contributed by atoms with Gasteiger partial charge in [0, 0.05) is 51.2 Å². The zero-order valence-electron chi connectivity index (χ0n) is 20.3. The second-order valence-corrected chi connectivity index (χ2v) is 10.1. The lowest BCUT2D eigenvalue weighted by Gasteiger charge is -2.18. The number of nitrogens with zero attached hydrogens (tertiary/aromatic N) is 4. The summed E-state index contributed by atoms with van der Waals surface area (Å²) >= 11 is 0. The van der Waals surface area contributed by atoms with Crippen LogP contribution in [-0.4, -0.2) is 46.3 Å². The molecule has 0 aliphatic carbocycles. The Balaban J connectivity index is 1.43. The van der Waals surface area contributed by atoms with Crippen molar-refractivity contribution in [2.24, 2.45) is 7.05 Å². The Morgan fingerprint density at radius 1 is 1.09 bits per heavy atom. The fraction of sp³-hybridized carbons (Fsp3) is 0.320. The lowest BCUT2D eigenvalue weighted by atomic mass is 10.1. The van der Waals surface area contributed by atoms with Crippen molar-refractivity contribution in [3.8, 4) is 11.3 Å². The monoisotopic (exact) mass is 495 g/mol. The Bertz CT molecular complexity index is 1450. The van der Waals surface area contributed by atoms with Crippen LogP contribution in [0.4, 0.5) is 5.69 Å².